The van der Waals surface area contributed by atoms with Gasteiger partial charge in [0, 0.05) is 29.7 Å². The number of fused-ring (bicyclic) bond motifs is 1. The largest absolute Gasteiger partial charge is 0.383 e. The van der Waals surface area contributed by atoms with Crippen LogP contribution in [-0.2, 0) is 5.66 Å². The maximum atomic E-state index is 6.03. The molecule has 1 atom stereocenters. The third-order valence-electron chi connectivity index (χ3n) is 3.06. The van der Waals surface area contributed by atoms with Crippen LogP contribution in [0.3, 0.4) is 0 Å². The lowest BCUT2D eigenvalue weighted by Gasteiger charge is -2.33. The highest BCUT2D eigenvalue weighted by molar-refractivity contribution is 6.04. The van der Waals surface area contributed by atoms with E-state index in [-0.39, 0.29) is 0 Å². The van der Waals surface area contributed by atoms with Gasteiger partial charge in [0.2, 0.25) is 0 Å². The molecule has 5 heteroatoms. The van der Waals surface area contributed by atoms with E-state index in [1.54, 1.807) is 24.8 Å². The van der Waals surface area contributed by atoms with Gasteiger partial charge in [0.1, 0.15) is 5.84 Å². The molecular weight excluding hydrogens is 226 g/mol. The van der Waals surface area contributed by atoms with Crippen LogP contribution in [0.5, 0.6) is 0 Å². The van der Waals surface area contributed by atoms with Crippen LogP contribution in [0, 0.1) is 0 Å². The van der Waals surface area contributed by atoms with Crippen molar-refractivity contribution in [2.45, 2.75) is 12.6 Å². The molecule has 0 saturated carbocycles. The average molecular weight is 239 g/mol. The highest BCUT2D eigenvalue weighted by atomic mass is 15.2. The summed E-state index contributed by atoms with van der Waals surface area (Å²) >= 11 is 0. The molecule has 0 fully saturated rings. The SMILES string of the molecule is CC1(c2ccncc2)N=C(N)c2ccncc2N1. The van der Waals surface area contributed by atoms with Crippen molar-refractivity contribution in [3.05, 3.63) is 54.1 Å². The van der Waals surface area contributed by atoms with Gasteiger partial charge in [-0.05, 0) is 25.1 Å². The second-order valence-electron chi connectivity index (χ2n) is 4.35. The summed E-state index contributed by atoms with van der Waals surface area (Å²) in [6.07, 6.45) is 6.95. The summed E-state index contributed by atoms with van der Waals surface area (Å²) in [6.45, 7) is 1.98. The summed E-state index contributed by atoms with van der Waals surface area (Å²) < 4.78 is 0. The number of amidine groups is 1. The summed E-state index contributed by atoms with van der Waals surface area (Å²) in [6, 6.07) is 5.70. The first kappa shape index (κ1) is 10.7. The minimum Gasteiger partial charge on any atom is -0.383 e. The third kappa shape index (κ3) is 1.60. The Bertz CT molecular complexity index is 608. The van der Waals surface area contributed by atoms with Crippen LogP contribution >= 0.6 is 0 Å². The number of anilines is 1. The van der Waals surface area contributed by atoms with E-state index in [1.807, 2.05) is 25.1 Å². The molecule has 0 radical (unpaired) electrons. The molecule has 1 aliphatic heterocycles. The van der Waals surface area contributed by atoms with E-state index >= 15 is 0 Å². The molecule has 3 heterocycles. The monoisotopic (exact) mass is 239 g/mol. The normalized spacial score (nSPS) is 21.7. The molecule has 2 aromatic heterocycles. The molecule has 0 bridgehead atoms. The zero-order valence-corrected chi connectivity index (χ0v) is 9.96. The van der Waals surface area contributed by atoms with E-state index in [4.69, 9.17) is 5.73 Å². The third-order valence-corrected chi connectivity index (χ3v) is 3.06. The Morgan fingerprint density at radius 2 is 1.83 bits per heavy atom. The minimum absolute atomic E-state index is 0.519. The van der Waals surface area contributed by atoms with Gasteiger partial charge in [-0.3, -0.25) is 9.97 Å². The predicted octanol–water partition coefficient (Wildman–Crippen LogP) is 1.48. The molecule has 0 amide bonds. The van der Waals surface area contributed by atoms with Gasteiger partial charge >= 0.3 is 0 Å². The zero-order chi connectivity index (χ0) is 12.6. The molecule has 0 aliphatic carbocycles. The number of nitrogens with one attached hydrogen (secondary N) is 1. The van der Waals surface area contributed by atoms with Crippen molar-refractivity contribution in [1.29, 1.82) is 0 Å². The zero-order valence-electron chi connectivity index (χ0n) is 9.96. The Balaban J connectivity index is 2.11. The number of nitrogens with two attached hydrogens (primary N) is 1. The molecule has 90 valence electrons. The number of rotatable bonds is 1. The fourth-order valence-electron chi connectivity index (χ4n) is 2.12. The Labute approximate surface area is 105 Å². The van der Waals surface area contributed by atoms with Crippen molar-refractivity contribution in [2.75, 3.05) is 5.32 Å². The second kappa shape index (κ2) is 3.80. The second-order valence-corrected chi connectivity index (χ2v) is 4.35. The first-order valence-corrected chi connectivity index (χ1v) is 5.67. The Hall–Kier alpha value is -2.43. The van der Waals surface area contributed by atoms with Gasteiger partial charge in [-0.1, -0.05) is 0 Å². The Morgan fingerprint density at radius 1 is 1.11 bits per heavy atom. The standard InChI is InChI=1S/C13H13N5/c1-13(9-2-5-15-6-3-9)17-11-8-16-7-4-10(11)12(14)18-13/h2-8,17H,1H3,(H2,14,18). The van der Waals surface area contributed by atoms with Crippen LogP contribution in [0.4, 0.5) is 5.69 Å². The van der Waals surface area contributed by atoms with E-state index in [0.717, 1.165) is 16.8 Å². The number of aromatic nitrogens is 2. The van der Waals surface area contributed by atoms with Crippen LogP contribution in [0.15, 0.2) is 48.0 Å². The quantitative estimate of drug-likeness (QED) is 0.790. The van der Waals surface area contributed by atoms with Crippen molar-refractivity contribution in [1.82, 2.24) is 9.97 Å². The molecule has 1 aliphatic rings. The summed E-state index contributed by atoms with van der Waals surface area (Å²) in [5, 5.41) is 3.36. The molecular formula is C13H13N5. The van der Waals surface area contributed by atoms with Gasteiger partial charge in [-0.25, -0.2) is 4.99 Å². The maximum absolute atomic E-state index is 6.03. The van der Waals surface area contributed by atoms with Crippen LogP contribution in [0.1, 0.15) is 18.1 Å². The molecule has 0 saturated heterocycles. The lowest BCUT2D eigenvalue weighted by atomic mass is 9.99. The fourth-order valence-corrected chi connectivity index (χ4v) is 2.12. The Morgan fingerprint density at radius 3 is 2.61 bits per heavy atom. The van der Waals surface area contributed by atoms with E-state index in [1.165, 1.54) is 0 Å². The topological polar surface area (TPSA) is 76.2 Å². The van der Waals surface area contributed by atoms with E-state index in [0.29, 0.717) is 5.84 Å². The number of pyridine rings is 2. The molecule has 0 aromatic carbocycles. The number of hydrogen-bond donors (Lipinski definition) is 2. The molecule has 5 nitrogen and oxygen atoms in total. The Kier molecular flexibility index (Phi) is 2.26. The minimum atomic E-state index is -0.580. The summed E-state index contributed by atoms with van der Waals surface area (Å²) in [4.78, 5) is 12.7. The van der Waals surface area contributed by atoms with Crippen molar-refractivity contribution in [2.24, 2.45) is 10.7 Å². The highest BCUT2D eigenvalue weighted by Gasteiger charge is 2.31. The van der Waals surface area contributed by atoms with E-state index in [9.17, 15) is 0 Å². The highest BCUT2D eigenvalue weighted by Crippen LogP contribution is 2.32. The van der Waals surface area contributed by atoms with Crippen LogP contribution in [-0.4, -0.2) is 15.8 Å². The van der Waals surface area contributed by atoms with Gasteiger partial charge in [-0.2, -0.15) is 0 Å². The summed E-state index contributed by atoms with van der Waals surface area (Å²) in [5.41, 5.74) is 8.23. The van der Waals surface area contributed by atoms with Gasteiger partial charge < -0.3 is 11.1 Å². The molecule has 0 spiro atoms. The van der Waals surface area contributed by atoms with Crippen LogP contribution < -0.4 is 11.1 Å². The van der Waals surface area contributed by atoms with E-state index in [2.05, 4.69) is 20.3 Å². The van der Waals surface area contributed by atoms with Crippen molar-refractivity contribution < 1.29 is 0 Å². The molecule has 2 aromatic rings. The number of nitrogens with zero attached hydrogens (tertiary/aromatic N) is 3. The summed E-state index contributed by atoms with van der Waals surface area (Å²) in [5.74, 6) is 0.519. The average Bonchev–Trinajstić information content (AvgIpc) is 2.40. The predicted molar refractivity (Wildman–Crippen MR) is 70.2 cm³/mol. The van der Waals surface area contributed by atoms with Crippen LogP contribution in [0.25, 0.3) is 0 Å². The van der Waals surface area contributed by atoms with Crippen molar-refractivity contribution in [3.8, 4) is 0 Å². The fraction of sp³-hybridized carbons (Fsp3) is 0.154. The molecule has 1 unspecified atom stereocenters. The maximum Gasteiger partial charge on any atom is 0.155 e. The molecule has 3 N–H and O–H groups in total. The van der Waals surface area contributed by atoms with Gasteiger partial charge in [0.25, 0.3) is 0 Å². The van der Waals surface area contributed by atoms with Crippen molar-refractivity contribution in [3.63, 3.8) is 0 Å². The number of aliphatic imine (C=N–C) groups is 1. The smallest absolute Gasteiger partial charge is 0.155 e. The molecule has 18 heavy (non-hydrogen) atoms. The number of hydrogen-bond acceptors (Lipinski definition) is 5. The van der Waals surface area contributed by atoms with Gasteiger partial charge in [-0.15, -0.1) is 0 Å². The summed E-state index contributed by atoms with van der Waals surface area (Å²) in [7, 11) is 0. The lowest BCUT2D eigenvalue weighted by molar-refractivity contribution is 0.569. The van der Waals surface area contributed by atoms with Crippen LogP contribution in [0.2, 0.25) is 0 Å². The van der Waals surface area contributed by atoms with Gasteiger partial charge in [0.05, 0.1) is 11.9 Å². The molecule has 3 rings (SSSR count). The lowest BCUT2D eigenvalue weighted by Crippen LogP contribution is -2.37. The van der Waals surface area contributed by atoms with Gasteiger partial charge in [0.15, 0.2) is 5.66 Å². The first-order chi connectivity index (χ1) is 8.69. The van der Waals surface area contributed by atoms with E-state index < -0.39 is 5.66 Å². The first-order valence-electron chi connectivity index (χ1n) is 5.67. The van der Waals surface area contributed by atoms with Crippen molar-refractivity contribution >= 4 is 11.5 Å².